The number of hydrogen-bond acceptors (Lipinski definition) is 3. The molecule has 0 amide bonds. The van der Waals surface area contributed by atoms with Crippen LogP contribution < -0.4 is 0 Å². The van der Waals surface area contributed by atoms with Crippen LogP contribution in [0, 0.1) is 0 Å². The van der Waals surface area contributed by atoms with E-state index in [2.05, 4.69) is 18.6 Å². The molecule has 0 saturated carbocycles. The van der Waals surface area contributed by atoms with E-state index in [0.717, 1.165) is 12.5 Å². The SMILES string of the molecule is CCC.COC.CS(C)(=O)=O. The normalized spacial score (nSPS) is 8.55. The lowest BCUT2D eigenvalue weighted by Gasteiger charge is -1.69. The molecule has 0 unspecified atom stereocenters. The molecule has 0 aromatic heterocycles. The van der Waals surface area contributed by atoms with Crippen LogP contribution in [0.5, 0.6) is 0 Å². The van der Waals surface area contributed by atoms with Crippen LogP contribution in [0.2, 0.25) is 0 Å². The van der Waals surface area contributed by atoms with Crippen LogP contribution in [0.3, 0.4) is 0 Å². The van der Waals surface area contributed by atoms with E-state index in [1.54, 1.807) is 14.2 Å². The van der Waals surface area contributed by atoms with Crippen LogP contribution in [0.4, 0.5) is 0 Å². The van der Waals surface area contributed by atoms with Gasteiger partial charge in [-0.2, -0.15) is 0 Å². The van der Waals surface area contributed by atoms with Gasteiger partial charge in [-0.15, -0.1) is 0 Å². The van der Waals surface area contributed by atoms with E-state index in [1.807, 2.05) is 0 Å². The molecular formula is C7H20O3S. The van der Waals surface area contributed by atoms with Crippen LogP contribution in [-0.4, -0.2) is 35.1 Å². The zero-order valence-corrected chi connectivity index (χ0v) is 9.16. The van der Waals surface area contributed by atoms with E-state index < -0.39 is 9.84 Å². The molecule has 0 bridgehead atoms. The highest BCUT2D eigenvalue weighted by Gasteiger charge is 1.79. The lowest BCUT2D eigenvalue weighted by atomic mass is 10.6. The van der Waals surface area contributed by atoms with Crippen molar-refractivity contribution in [2.45, 2.75) is 20.3 Å². The van der Waals surface area contributed by atoms with Crippen LogP contribution in [0.25, 0.3) is 0 Å². The minimum atomic E-state index is -2.67. The van der Waals surface area contributed by atoms with Crippen molar-refractivity contribution in [1.29, 1.82) is 0 Å². The third-order valence-corrected chi connectivity index (χ3v) is 0. The molecule has 0 aliphatic rings. The molecule has 0 saturated heterocycles. The molecule has 11 heavy (non-hydrogen) atoms. The first-order valence-electron chi connectivity index (χ1n) is 3.38. The first kappa shape index (κ1) is 17.1. The maximum Gasteiger partial charge on any atom is 0.144 e. The third-order valence-electron chi connectivity index (χ3n) is 0. The van der Waals surface area contributed by atoms with E-state index in [-0.39, 0.29) is 0 Å². The summed E-state index contributed by atoms with van der Waals surface area (Å²) >= 11 is 0. The summed E-state index contributed by atoms with van der Waals surface area (Å²) in [5, 5.41) is 0. The third kappa shape index (κ3) is 76500. The molecule has 0 rings (SSSR count). The van der Waals surface area contributed by atoms with Crippen molar-refractivity contribution in [3.63, 3.8) is 0 Å². The zero-order valence-electron chi connectivity index (χ0n) is 8.34. The quantitative estimate of drug-likeness (QED) is 0.570. The van der Waals surface area contributed by atoms with Crippen LogP contribution in [0.1, 0.15) is 20.3 Å². The van der Waals surface area contributed by atoms with Crippen molar-refractivity contribution in [2.75, 3.05) is 26.7 Å². The standard InChI is InChI=1S/C3H8.C2H6O2S.C2H6O/c1-3-2;1-5(2,3)4;1-3-2/h3H2,1-2H3;1-2H3;1-2H3. The predicted octanol–water partition coefficient (Wildman–Crippen LogP) is 1.34. The first-order valence-corrected chi connectivity index (χ1v) is 5.68. The Labute approximate surface area is 70.7 Å². The Kier molecular flexibility index (Phi) is 19.6. The van der Waals surface area contributed by atoms with Crippen molar-refractivity contribution in [3.05, 3.63) is 0 Å². The fourth-order valence-electron chi connectivity index (χ4n) is 0. The highest BCUT2D eigenvalue weighted by molar-refractivity contribution is 7.89. The van der Waals surface area contributed by atoms with E-state index in [4.69, 9.17) is 0 Å². The molecule has 0 aliphatic heterocycles. The summed E-state index contributed by atoms with van der Waals surface area (Å²) in [6, 6.07) is 0. The Bertz CT molecular complexity index is 117. The molecule has 3 nitrogen and oxygen atoms in total. The van der Waals surface area contributed by atoms with E-state index >= 15 is 0 Å². The molecule has 0 atom stereocenters. The van der Waals surface area contributed by atoms with Crippen molar-refractivity contribution < 1.29 is 13.2 Å². The fourth-order valence-corrected chi connectivity index (χ4v) is 0. The van der Waals surface area contributed by atoms with E-state index in [1.165, 1.54) is 6.42 Å². The maximum absolute atomic E-state index is 9.63. The molecule has 0 N–H and O–H groups in total. The molecule has 0 aromatic carbocycles. The Hall–Kier alpha value is -0.0900. The Morgan fingerprint density at radius 3 is 1.09 bits per heavy atom. The van der Waals surface area contributed by atoms with Gasteiger partial charge < -0.3 is 4.74 Å². The number of ether oxygens (including phenoxy) is 1. The van der Waals surface area contributed by atoms with Crippen LogP contribution >= 0.6 is 0 Å². The van der Waals surface area contributed by atoms with Gasteiger partial charge >= 0.3 is 0 Å². The van der Waals surface area contributed by atoms with Crippen molar-refractivity contribution in [2.24, 2.45) is 0 Å². The van der Waals surface area contributed by atoms with Gasteiger partial charge in [-0.25, -0.2) is 8.42 Å². The highest BCUT2D eigenvalue weighted by Crippen LogP contribution is 1.61. The average Bonchev–Trinajstić information content (AvgIpc) is 1.62. The molecule has 0 heterocycles. The van der Waals surface area contributed by atoms with Gasteiger partial charge in [-0.3, -0.25) is 0 Å². The van der Waals surface area contributed by atoms with Gasteiger partial charge in [-0.05, 0) is 0 Å². The van der Waals surface area contributed by atoms with Crippen molar-refractivity contribution in [3.8, 4) is 0 Å². The molecule has 4 heteroatoms. The fraction of sp³-hybridized carbons (Fsp3) is 1.00. The van der Waals surface area contributed by atoms with Gasteiger partial charge in [0, 0.05) is 26.7 Å². The van der Waals surface area contributed by atoms with Gasteiger partial charge in [-0.1, -0.05) is 20.3 Å². The number of methoxy groups -OCH3 is 1. The minimum Gasteiger partial charge on any atom is -0.388 e. The van der Waals surface area contributed by atoms with E-state index in [0.29, 0.717) is 0 Å². The average molecular weight is 184 g/mol. The molecule has 0 aromatic rings. The van der Waals surface area contributed by atoms with Crippen molar-refractivity contribution >= 4 is 9.84 Å². The monoisotopic (exact) mass is 184 g/mol. The minimum absolute atomic E-state index is 1.16. The Morgan fingerprint density at radius 1 is 1.09 bits per heavy atom. The zero-order chi connectivity index (χ0) is 9.91. The van der Waals surface area contributed by atoms with Crippen LogP contribution in [-0.2, 0) is 14.6 Å². The molecule has 0 radical (unpaired) electrons. The second-order valence-corrected chi connectivity index (χ2v) is 4.54. The number of rotatable bonds is 0. The molecule has 0 fully saturated rings. The van der Waals surface area contributed by atoms with E-state index in [9.17, 15) is 8.42 Å². The predicted molar refractivity (Wildman–Crippen MR) is 49.7 cm³/mol. The molecule has 72 valence electrons. The second-order valence-electron chi connectivity index (χ2n) is 2.26. The smallest absolute Gasteiger partial charge is 0.144 e. The summed E-state index contributed by atoms with van der Waals surface area (Å²) in [7, 11) is 0.583. The maximum atomic E-state index is 9.63. The Balaban J connectivity index is -0.0000000933. The second kappa shape index (κ2) is 12.6. The lowest BCUT2D eigenvalue weighted by Crippen LogP contribution is -1.86. The van der Waals surface area contributed by atoms with Crippen LogP contribution in [0.15, 0.2) is 0 Å². The summed E-state index contributed by atoms with van der Waals surface area (Å²) in [6.45, 7) is 4.25. The van der Waals surface area contributed by atoms with Gasteiger partial charge in [0.25, 0.3) is 0 Å². The Morgan fingerprint density at radius 2 is 1.09 bits per heavy atom. The highest BCUT2D eigenvalue weighted by atomic mass is 32.2. The summed E-state index contributed by atoms with van der Waals surface area (Å²) in [6.07, 6.45) is 3.57. The number of hydrogen-bond donors (Lipinski definition) is 0. The number of sulfone groups is 1. The van der Waals surface area contributed by atoms with Gasteiger partial charge in [0.15, 0.2) is 0 Å². The van der Waals surface area contributed by atoms with Gasteiger partial charge in [0.1, 0.15) is 9.84 Å². The molecule has 0 spiro atoms. The van der Waals surface area contributed by atoms with Crippen molar-refractivity contribution in [1.82, 2.24) is 0 Å². The summed E-state index contributed by atoms with van der Waals surface area (Å²) in [5.74, 6) is 0. The summed E-state index contributed by atoms with van der Waals surface area (Å²) in [4.78, 5) is 0. The summed E-state index contributed by atoms with van der Waals surface area (Å²) in [5.41, 5.74) is 0. The topological polar surface area (TPSA) is 43.4 Å². The first-order chi connectivity index (χ1) is 4.83. The van der Waals surface area contributed by atoms with Gasteiger partial charge in [0.2, 0.25) is 0 Å². The largest absolute Gasteiger partial charge is 0.388 e. The molecular weight excluding hydrogens is 164 g/mol. The molecule has 0 aliphatic carbocycles. The summed E-state index contributed by atoms with van der Waals surface area (Å²) < 4.78 is 23.5. The van der Waals surface area contributed by atoms with Gasteiger partial charge in [0.05, 0.1) is 0 Å². The lowest BCUT2D eigenvalue weighted by molar-refractivity contribution is 0.277.